The van der Waals surface area contributed by atoms with Gasteiger partial charge in [-0.05, 0) is 23.3 Å². The maximum Gasteiger partial charge on any atom is 0.156 e. The molecule has 0 amide bonds. The summed E-state index contributed by atoms with van der Waals surface area (Å²) >= 11 is 8.53. The second-order valence-corrected chi connectivity index (χ2v) is 8.06. The molecule has 0 unspecified atom stereocenters. The van der Waals surface area contributed by atoms with E-state index >= 15 is 0 Å². The van der Waals surface area contributed by atoms with Gasteiger partial charge in [0.2, 0.25) is 0 Å². The summed E-state index contributed by atoms with van der Waals surface area (Å²) in [6.07, 6.45) is 1.51. The molecule has 3 heterocycles. The van der Waals surface area contributed by atoms with Crippen LogP contribution < -0.4 is 5.32 Å². The van der Waals surface area contributed by atoms with Crippen molar-refractivity contribution in [3.63, 3.8) is 0 Å². The van der Waals surface area contributed by atoms with E-state index in [2.05, 4.69) is 75.7 Å². The maximum atomic E-state index is 6.26. The normalized spacial score (nSPS) is 15.8. The van der Waals surface area contributed by atoms with E-state index in [-0.39, 0.29) is 0 Å². The number of fused-ring (bicyclic) bond motifs is 1. The fraction of sp³-hybridized carbons (Fsp3) is 0.294. The molecule has 1 N–H and O–H groups in total. The van der Waals surface area contributed by atoms with E-state index in [0.29, 0.717) is 5.15 Å². The van der Waals surface area contributed by atoms with Gasteiger partial charge in [-0.15, -0.1) is 0 Å². The molecule has 130 valence electrons. The van der Waals surface area contributed by atoms with Crippen LogP contribution in [0.15, 0.2) is 36.7 Å². The molecule has 0 atom stereocenters. The highest BCUT2D eigenvalue weighted by Gasteiger charge is 2.16. The lowest BCUT2D eigenvalue weighted by atomic mass is 10.1. The summed E-state index contributed by atoms with van der Waals surface area (Å²) in [5, 5.41) is 4.78. The second-order valence-electron chi connectivity index (χ2n) is 6.02. The van der Waals surface area contributed by atoms with Crippen LogP contribution >= 0.6 is 41.9 Å². The third-order valence-corrected chi connectivity index (χ3v) is 6.40. The SMILES string of the molecule is Clc1ncnc2c1cc(-c1cccc(CN3CCNCC3)c1)n2SI. The van der Waals surface area contributed by atoms with E-state index in [1.54, 1.807) is 9.12 Å². The highest BCUT2D eigenvalue weighted by Crippen LogP contribution is 2.35. The van der Waals surface area contributed by atoms with E-state index in [1.807, 2.05) is 0 Å². The van der Waals surface area contributed by atoms with Gasteiger partial charge in [-0.1, -0.05) is 29.8 Å². The van der Waals surface area contributed by atoms with E-state index in [9.17, 15) is 0 Å². The van der Waals surface area contributed by atoms with Crippen molar-refractivity contribution in [2.24, 2.45) is 0 Å². The van der Waals surface area contributed by atoms with Crippen LogP contribution in [0.1, 0.15) is 5.56 Å². The zero-order valence-electron chi connectivity index (χ0n) is 13.5. The van der Waals surface area contributed by atoms with Crippen molar-refractivity contribution in [1.29, 1.82) is 0 Å². The van der Waals surface area contributed by atoms with Gasteiger partial charge in [0.05, 0.1) is 11.1 Å². The van der Waals surface area contributed by atoms with Crippen molar-refractivity contribution in [2.75, 3.05) is 26.2 Å². The molecular formula is C17H17ClIN5S. The Balaban J connectivity index is 1.71. The molecule has 25 heavy (non-hydrogen) atoms. The molecule has 2 aromatic heterocycles. The van der Waals surface area contributed by atoms with Gasteiger partial charge >= 0.3 is 0 Å². The Morgan fingerprint density at radius 1 is 1.20 bits per heavy atom. The molecule has 0 radical (unpaired) electrons. The number of piperazine rings is 1. The van der Waals surface area contributed by atoms with Crippen LogP contribution in [0.25, 0.3) is 22.3 Å². The minimum Gasteiger partial charge on any atom is -0.314 e. The van der Waals surface area contributed by atoms with E-state index in [1.165, 1.54) is 17.5 Å². The highest BCUT2D eigenvalue weighted by molar-refractivity contribution is 14.2. The number of halogens is 2. The number of aromatic nitrogens is 3. The van der Waals surface area contributed by atoms with Crippen LogP contribution in [0.4, 0.5) is 0 Å². The van der Waals surface area contributed by atoms with E-state index < -0.39 is 0 Å². The molecule has 0 saturated carbocycles. The lowest BCUT2D eigenvalue weighted by Crippen LogP contribution is -2.42. The van der Waals surface area contributed by atoms with Crippen molar-refractivity contribution in [3.05, 3.63) is 47.4 Å². The molecule has 1 aliphatic rings. The molecule has 0 spiro atoms. The molecule has 0 aliphatic carbocycles. The molecule has 1 aromatic carbocycles. The first-order chi connectivity index (χ1) is 12.3. The van der Waals surface area contributed by atoms with Crippen LogP contribution in [0.5, 0.6) is 0 Å². The van der Waals surface area contributed by atoms with Gasteiger partial charge in [0, 0.05) is 63.0 Å². The van der Waals surface area contributed by atoms with Crippen molar-refractivity contribution < 1.29 is 0 Å². The fourth-order valence-corrected chi connectivity index (χ4v) is 5.01. The third kappa shape index (κ3) is 3.66. The quantitative estimate of drug-likeness (QED) is 0.447. The van der Waals surface area contributed by atoms with Gasteiger partial charge in [0.25, 0.3) is 0 Å². The van der Waals surface area contributed by atoms with Crippen molar-refractivity contribution in [1.82, 2.24) is 24.2 Å². The number of nitrogens with one attached hydrogen (secondary N) is 1. The van der Waals surface area contributed by atoms with Crippen LogP contribution in [-0.2, 0) is 6.54 Å². The first-order valence-electron chi connectivity index (χ1n) is 8.09. The summed E-state index contributed by atoms with van der Waals surface area (Å²) in [5.74, 6) is 0. The van der Waals surface area contributed by atoms with Crippen LogP contribution in [0, 0.1) is 0 Å². The number of rotatable bonds is 4. The zero-order valence-corrected chi connectivity index (χ0v) is 17.2. The molecule has 1 fully saturated rings. The lowest BCUT2D eigenvalue weighted by Gasteiger charge is -2.27. The average Bonchev–Trinajstić information content (AvgIpc) is 3.03. The van der Waals surface area contributed by atoms with Crippen LogP contribution in [-0.4, -0.2) is 45.0 Å². The first-order valence-corrected chi connectivity index (χ1v) is 11.8. The smallest absolute Gasteiger partial charge is 0.156 e. The Kier molecular flexibility index (Phi) is 5.47. The summed E-state index contributed by atoms with van der Waals surface area (Å²) < 4.78 is 2.10. The van der Waals surface area contributed by atoms with Gasteiger partial charge < -0.3 is 5.32 Å². The van der Waals surface area contributed by atoms with Gasteiger partial charge in [-0.2, -0.15) is 0 Å². The molecule has 3 aromatic rings. The van der Waals surface area contributed by atoms with Crippen LogP contribution in [0.2, 0.25) is 5.15 Å². The van der Waals surface area contributed by atoms with E-state index in [4.69, 9.17) is 11.6 Å². The molecule has 0 bridgehead atoms. The summed E-state index contributed by atoms with van der Waals surface area (Å²) in [6, 6.07) is 10.8. The summed E-state index contributed by atoms with van der Waals surface area (Å²) in [5.41, 5.74) is 4.44. The number of nitrogens with zero attached hydrogens (tertiary/aromatic N) is 4. The zero-order chi connectivity index (χ0) is 17.2. The maximum absolute atomic E-state index is 6.26. The summed E-state index contributed by atoms with van der Waals surface area (Å²) in [4.78, 5) is 11.0. The lowest BCUT2D eigenvalue weighted by molar-refractivity contribution is 0.233. The van der Waals surface area contributed by atoms with Crippen molar-refractivity contribution >= 4 is 53.0 Å². The minimum atomic E-state index is 0.493. The molecule has 8 heteroatoms. The van der Waals surface area contributed by atoms with Crippen molar-refractivity contribution in [3.8, 4) is 11.3 Å². The van der Waals surface area contributed by atoms with Crippen molar-refractivity contribution in [2.45, 2.75) is 6.54 Å². The van der Waals surface area contributed by atoms with Gasteiger partial charge in [-0.3, -0.25) is 8.87 Å². The molecule has 1 saturated heterocycles. The third-order valence-electron chi connectivity index (χ3n) is 4.41. The fourth-order valence-electron chi connectivity index (χ4n) is 3.19. The topological polar surface area (TPSA) is 46.0 Å². The molecule has 4 rings (SSSR count). The van der Waals surface area contributed by atoms with Gasteiger partial charge in [0.15, 0.2) is 5.65 Å². The summed E-state index contributed by atoms with van der Waals surface area (Å²) in [7, 11) is 1.60. The Labute approximate surface area is 167 Å². The Hall–Kier alpha value is -0.870. The monoisotopic (exact) mass is 485 g/mol. The second kappa shape index (κ2) is 7.79. The predicted molar refractivity (Wildman–Crippen MR) is 113 cm³/mol. The predicted octanol–water partition coefficient (Wildman–Crippen LogP) is 4.00. The van der Waals surface area contributed by atoms with Gasteiger partial charge in [-0.25, -0.2) is 9.97 Å². The number of benzene rings is 1. The molecule has 1 aliphatic heterocycles. The van der Waals surface area contributed by atoms with E-state index in [0.717, 1.165) is 49.5 Å². The average molecular weight is 486 g/mol. The highest BCUT2D eigenvalue weighted by atomic mass is 127. The van der Waals surface area contributed by atoms with Crippen LogP contribution in [0.3, 0.4) is 0 Å². The minimum absolute atomic E-state index is 0.493. The Morgan fingerprint density at radius 2 is 2.04 bits per heavy atom. The first kappa shape index (κ1) is 17.5. The number of hydrogen-bond acceptors (Lipinski definition) is 5. The largest absolute Gasteiger partial charge is 0.314 e. The Bertz CT molecular complexity index is 894. The summed E-state index contributed by atoms with van der Waals surface area (Å²) in [6.45, 7) is 5.30. The number of hydrogen-bond donors (Lipinski definition) is 1. The molecule has 5 nitrogen and oxygen atoms in total. The molecular weight excluding hydrogens is 469 g/mol. The Morgan fingerprint density at radius 3 is 2.84 bits per heavy atom. The standard InChI is InChI=1S/C17H17ClIN5S/c18-16-14-9-15(24(25-19)17(14)22-11-21-16)13-3-1-2-12(8-13)10-23-6-4-20-5-7-23/h1-3,8-9,11,20H,4-7,10H2. The van der Waals surface area contributed by atoms with Gasteiger partial charge in [0.1, 0.15) is 11.5 Å².